The lowest BCUT2D eigenvalue weighted by Gasteiger charge is -2.07. The summed E-state index contributed by atoms with van der Waals surface area (Å²) in [6.07, 6.45) is 0. The number of hydrogen-bond donors (Lipinski definition) is 0. The molecule has 0 heterocycles. The summed E-state index contributed by atoms with van der Waals surface area (Å²) in [6, 6.07) is 5.14. The van der Waals surface area contributed by atoms with Crippen molar-refractivity contribution in [2.45, 2.75) is 0 Å². The summed E-state index contributed by atoms with van der Waals surface area (Å²) in [4.78, 5) is 11.4. The molecule has 0 bridgehead atoms. The SMILES string of the molecule is CP(C)(=O)OCC(=O)c1ccc(F)cc1. The minimum absolute atomic E-state index is 0.240. The lowest BCUT2D eigenvalue weighted by atomic mass is 10.1. The molecule has 0 fully saturated rings. The molecular weight excluding hydrogens is 218 g/mol. The van der Waals surface area contributed by atoms with Crippen LogP contribution in [0.3, 0.4) is 0 Å². The molecule has 0 aromatic heterocycles. The third kappa shape index (κ3) is 4.36. The average molecular weight is 230 g/mol. The first kappa shape index (κ1) is 12.1. The lowest BCUT2D eigenvalue weighted by molar-refractivity contribution is 0.0924. The van der Waals surface area contributed by atoms with E-state index in [0.717, 1.165) is 0 Å². The topological polar surface area (TPSA) is 43.4 Å². The molecule has 5 heteroatoms. The molecule has 0 spiro atoms. The molecule has 0 radical (unpaired) electrons. The van der Waals surface area contributed by atoms with Gasteiger partial charge < -0.3 is 4.52 Å². The Morgan fingerprint density at radius 2 is 1.87 bits per heavy atom. The van der Waals surface area contributed by atoms with E-state index in [2.05, 4.69) is 0 Å². The smallest absolute Gasteiger partial charge is 0.197 e. The second kappa shape index (κ2) is 4.69. The number of hydrogen-bond acceptors (Lipinski definition) is 3. The summed E-state index contributed by atoms with van der Waals surface area (Å²) in [5.74, 6) is -0.706. The van der Waals surface area contributed by atoms with E-state index in [1.54, 1.807) is 0 Å². The third-order valence-corrected chi connectivity index (χ3v) is 2.42. The van der Waals surface area contributed by atoms with E-state index < -0.39 is 13.2 Å². The molecule has 0 aliphatic carbocycles. The van der Waals surface area contributed by atoms with Gasteiger partial charge in [0, 0.05) is 18.9 Å². The maximum Gasteiger partial charge on any atom is 0.197 e. The van der Waals surface area contributed by atoms with Crippen LogP contribution in [-0.4, -0.2) is 25.7 Å². The van der Waals surface area contributed by atoms with E-state index in [9.17, 15) is 13.8 Å². The van der Waals surface area contributed by atoms with Crippen LogP contribution in [0, 0.1) is 5.82 Å². The van der Waals surface area contributed by atoms with Crippen molar-refractivity contribution in [2.24, 2.45) is 0 Å². The molecule has 0 atom stereocenters. The fourth-order valence-electron chi connectivity index (χ4n) is 0.933. The summed E-state index contributed by atoms with van der Waals surface area (Å²) >= 11 is 0. The number of ketones is 1. The zero-order chi connectivity index (χ0) is 11.5. The van der Waals surface area contributed by atoms with Gasteiger partial charge in [0.15, 0.2) is 13.2 Å². The molecule has 0 N–H and O–H groups in total. The van der Waals surface area contributed by atoms with Gasteiger partial charge in [0.05, 0.1) is 0 Å². The van der Waals surface area contributed by atoms with Gasteiger partial charge in [-0.15, -0.1) is 0 Å². The van der Waals surface area contributed by atoms with Crippen LogP contribution in [0.15, 0.2) is 24.3 Å². The Balaban J connectivity index is 2.62. The van der Waals surface area contributed by atoms with Gasteiger partial charge in [0.25, 0.3) is 0 Å². The molecular formula is C10H12FO3P. The third-order valence-electron chi connectivity index (χ3n) is 1.67. The summed E-state index contributed by atoms with van der Waals surface area (Å²) in [5, 5.41) is 0. The number of benzene rings is 1. The van der Waals surface area contributed by atoms with Crippen LogP contribution in [0.25, 0.3) is 0 Å². The van der Waals surface area contributed by atoms with E-state index in [4.69, 9.17) is 4.52 Å². The van der Waals surface area contributed by atoms with Crippen molar-refractivity contribution < 1.29 is 18.3 Å². The van der Waals surface area contributed by atoms with Gasteiger partial charge in [0.2, 0.25) is 0 Å². The van der Waals surface area contributed by atoms with Crippen molar-refractivity contribution in [3.8, 4) is 0 Å². The highest BCUT2D eigenvalue weighted by Crippen LogP contribution is 2.36. The van der Waals surface area contributed by atoms with Gasteiger partial charge in [0.1, 0.15) is 12.4 Å². The van der Waals surface area contributed by atoms with E-state index in [1.807, 2.05) is 0 Å². The first-order valence-electron chi connectivity index (χ1n) is 4.37. The van der Waals surface area contributed by atoms with Gasteiger partial charge in [-0.2, -0.15) is 0 Å². The fourth-order valence-corrected chi connectivity index (χ4v) is 1.36. The lowest BCUT2D eigenvalue weighted by Crippen LogP contribution is -2.07. The molecule has 3 nitrogen and oxygen atoms in total. The van der Waals surface area contributed by atoms with E-state index in [0.29, 0.717) is 5.56 Å². The first-order chi connectivity index (χ1) is 6.88. The molecule has 1 rings (SSSR count). The summed E-state index contributed by atoms with van der Waals surface area (Å²) in [5.41, 5.74) is 0.352. The van der Waals surface area contributed by atoms with Crippen LogP contribution >= 0.6 is 7.37 Å². The molecule has 1 aromatic carbocycles. The molecule has 82 valence electrons. The summed E-state index contributed by atoms with van der Waals surface area (Å²) in [6.45, 7) is 2.63. The van der Waals surface area contributed by atoms with Crippen molar-refractivity contribution in [1.29, 1.82) is 0 Å². The molecule has 0 saturated heterocycles. The molecule has 0 aliphatic rings. The maximum absolute atomic E-state index is 12.5. The molecule has 0 amide bonds. The highest BCUT2D eigenvalue weighted by Gasteiger charge is 2.12. The minimum Gasteiger partial charge on any atom is -0.320 e. The minimum atomic E-state index is -2.64. The maximum atomic E-state index is 12.5. The summed E-state index contributed by atoms with van der Waals surface area (Å²) in [7, 11) is -2.64. The van der Waals surface area contributed by atoms with Gasteiger partial charge in [-0.3, -0.25) is 9.36 Å². The van der Waals surface area contributed by atoms with Gasteiger partial charge in [-0.1, -0.05) is 0 Å². The summed E-state index contributed by atoms with van der Waals surface area (Å²) < 4.78 is 28.6. The number of Topliss-reactive ketones (excluding diaryl/α,β-unsaturated/α-hetero) is 1. The Morgan fingerprint density at radius 1 is 1.33 bits per heavy atom. The molecule has 15 heavy (non-hydrogen) atoms. The fraction of sp³-hybridized carbons (Fsp3) is 0.300. The van der Waals surface area contributed by atoms with Crippen LogP contribution < -0.4 is 0 Å². The van der Waals surface area contributed by atoms with Crippen LogP contribution in [-0.2, 0) is 9.09 Å². The van der Waals surface area contributed by atoms with Crippen LogP contribution in [0.1, 0.15) is 10.4 Å². The Morgan fingerprint density at radius 3 is 2.33 bits per heavy atom. The van der Waals surface area contributed by atoms with E-state index >= 15 is 0 Å². The van der Waals surface area contributed by atoms with Crippen molar-refractivity contribution in [3.63, 3.8) is 0 Å². The van der Waals surface area contributed by atoms with Gasteiger partial charge in [-0.25, -0.2) is 4.39 Å². The molecule has 0 aliphatic heterocycles. The molecule has 0 unspecified atom stereocenters. The first-order valence-corrected chi connectivity index (χ1v) is 6.89. The number of carbonyl (C=O) groups excluding carboxylic acids is 1. The Labute approximate surface area is 87.7 Å². The van der Waals surface area contributed by atoms with Crippen molar-refractivity contribution in [2.75, 3.05) is 19.9 Å². The predicted octanol–water partition coefficient (Wildman–Crippen LogP) is 2.56. The van der Waals surface area contributed by atoms with Crippen molar-refractivity contribution in [1.82, 2.24) is 0 Å². The monoisotopic (exact) mass is 230 g/mol. The normalized spacial score (nSPS) is 11.4. The predicted molar refractivity (Wildman–Crippen MR) is 56.1 cm³/mol. The second-order valence-electron chi connectivity index (χ2n) is 3.46. The second-order valence-corrected chi connectivity index (χ2v) is 6.22. The number of carbonyl (C=O) groups is 1. The Hall–Kier alpha value is -0.990. The molecule has 1 aromatic rings. The van der Waals surface area contributed by atoms with Crippen molar-refractivity contribution >= 4 is 13.2 Å². The zero-order valence-electron chi connectivity index (χ0n) is 8.57. The van der Waals surface area contributed by atoms with Crippen molar-refractivity contribution in [3.05, 3.63) is 35.6 Å². The van der Waals surface area contributed by atoms with Gasteiger partial charge in [-0.05, 0) is 24.3 Å². The quantitative estimate of drug-likeness (QED) is 0.589. The highest BCUT2D eigenvalue weighted by molar-refractivity contribution is 7.57. The standard InChI is InChI=1S/C10H12FO3P/c1-15(2,13)14-7-10(12)8-3-5-9(11)6-4-8/h3-6H,7H2,1-2H3. The van der Waals surface area contributed by atoms with Crippen LogP contribution in [0.5, 0.6) is 0 Å². The number of rotatable bonds is 4. The van der Waals surface area contributed by atoms with E-state index in [-0.39, 0.29) is 12.4 Å². The average Bonchev–Trinajstić information content (AvgIpc) is 2.14. The number of halogens is 1. The zero-order valence-corrected chi connectivity index (χ0v) is 9.46. The van der Waals surface area contributed by atoms with Gasteiger partial charge >= 0.3 is 0 Å². The largest absolute Gasteiger partial charge is 0.320 e. The Kier molecular flexibility index (Phi) is 3.77. The molecule has 0 saturated carbocycles. The van der Waals surface area contributed by atoms with E-state index in [1.165, 1.54) is 37.6 Å². The van der Waals surface area contributed by atoms with Crippen LogP contribution in [0.2, 0.25) is 0 Å². The Bertz CT molecular complexity index is 394. The highest BCUT2D eigenvalue weighted by atomic mass is 31.2. The van der Waals surface area contributed by atoms with Crippen LogP contribution in [0.4, 0.5) is 4.39 Å².